The highest BCUT2D eigenvalue weighted by atomic mass is 79.9. The molecule has 8 nitrogen and oxygen atoms in total. The first-order valence-electron chi connectivity index (χ1n) is 10.8. The van der Waals surface area contributed by atoms with E-state index in [9.17, 15) is 19.6 Å². The Morgan fingerprint density at radius 2 is 1.94 bits per heavy atom. The average molecular weight is 579 g/mol. The number of carbonyl (C=O) groups excluding carboxylic acids is 3. The Kier molecular flexibility index (Phi) is 8.81. The first-order valence-corrected chi connectivity index (χ1v) is 12.4. The molecule has 1 atom stereocenters. The van der Waals surface area contributed by atoms with E-state index >= 15 is 8.78 Å². The molecular formula is C24H21BrF2N4O4S. The van der Waals surface area contributed by atoms with Crippen LogP contribution in [0, 0.1) is 17.2 Å². The lowest BCUT2D eigenvalue weighted by molar-refractivity contribution is -0.151. The number of nitrogens with zero attached hydrogens (tertiary/aromatic N) is 3. The smallest absolute Gasteiger partial charge is 0.358 e. The number of amides is 1. The summed E-state index contributed by atoms with van der Waals surface area (Å²) in [5.74, 6) is -4.31. The summed E-state index contributed by atoms with van der Waals surface area (Å²) in [7, 11) is 0. The third-order valence-electron chi connectivity index (χ3n) is 5.28. The molecule has 0 saturated carbocycles. The van der Waals surface area contributed by atoms with Crippen LogP contribution in [-0.4, -0.2) is 39.1 Å². The largest absolute Gasteiger partial charge is 0.466 e. The van der Waals surface area contributed by atoms with Crippen molar-refractivity contribution in [1.29, 1.82) is 5.26 Å². The van der Waals surface area contributed by atoms with Gasteiger partial charge in [-0.3, -0.25) is 19.0 Å². The summed E-state index contributed by atoms with van der Waals surface area (Å²) in [4.78, 5) is 39.9. The average Bonchev–Trinajstić information content (AvgIpc) is 3.19. The van der Waals surface area contributed by atoms with Crippen molar-refractivity contribution in [1.82, 2.24) is 9.55 Å². The second-order valence-corrected chi connectivity index (χ2v) is 9.58. The molecule has 1 amide bonds. The van der Waals surface area contributed by atoms with Crippen molar-refractivity contribution < 1.29 is 27.9 Å². The van der Waals surface area contributed by atoms with Gasteiger partial charge in [-0.05, 0) is 53.2 Å². The fraction of sp³-hybridized carbons (Fsp3) is 0.292. The number of ether oxygens (including phenoxy) is 1. The van der Waals surface area contributed by atoms with E-state index in [1.165, 1.54) is 10.8 Å². The van der Waals surface area contributed by atoms with E-state index in [1.807, 2.05) is 0 Å². The highest BCUT2D eigenvalue weighted by Gasteiger charge is 2.43. The number of aromatic nitrogens is 2. The van der Waals surface area contributed by atoms with Gasteiger partial charge < -0.3 is 10.5 Å². The van der Waals surface area contributed by atoms with Gasteiger partial charge in [0.15, 0.2) is 5.16 Å². The molecule has 36 heavy (non-hydrogen) atoms. The van der Waals surface area contributed by atoms with Crippen molar-refractivity contribution in [3.05, 3.63) is 52.8 Å². The Hall–Kier alpha value is -3.30. The van der Waals surface area contributed by atoms with Crippen LogP contribution in [0.4, 0.5) is 8.78 Å². The van der Waals surface area contributed by atoms with Gasteiger partial charge in [-0.1, -0.05) is 24.3 Å². The maximum atomic E-state index is 15.1. The zero-order valence-electron chi connectivity index (χ0n) is 19.0. The van der Waals surface area contributed by atoms with Crippen LogP contribution in [-0.2, 0) is 19.1 Å². The van der Waals surface area contributed by atoms with Crippen molar-refractivity contribution in [3.8, 4) is 11.8 Å². The molecule has 1 unspecified atom stereocenters. The molecule has 0 aliphatic carbocycles. The number of nitriles is 1. The van der Waals surface area contributed by atoms with Gasteiger partial charge in [-0.15, -0.1) is 0 Å². The minimum absolute atomic E-state index is 0.00471. The van der Waals surface area contributed by atoms with Gasteiger partial charge in [0.1, 0.15) is 4.60 Å². The first-order chi connectivity index (χ1) is 17.1. The highest BCUT2D eigenvalue weighted by molar-refractivity contribution is 9.10. The van der Waals surface area contributed by atoms with Crippen LogP contribution >= 0.6 is 27.7 Å². The lowest BCUT2D eigenvalue weighted by atomic mass is 9.97. The molecule has 0 saturated heterocycles. The Bertz CT molecular complexity index is 1360. The first kappa shape index (κ1) is 27.3. The van der Waals surface area contributed by atoms with Crippen LogP contribution in [0.3, 0.4) is 0 Å². The Balaban J connectivity index is 1.92. The predicted molar refractivity (Wildman–Crippen MR) is 132 cm³/mol. The van der Waals surface area contributed by atoms with Gasteiger partial charge in [0.2, 0.25) is 11.7 Å². The number of esters is 1. The number of nitrogens with two attached hydrogens (primary N) is 1. The van der Waals surface area contributed by atoms with Gasteiger partial charge in [-0.2, -0.15) is 14.0 Å². The second-order valence-electron chi connectivity index (χ2n) is 7.69. The Morgan fingerprint density at radius 1 is 1.25 bits per heavy atom. The number of Topliss-reactive ketones (excluding diaryl/α,β-unsaturated/α-hetero) is 1. The predicted octanol–water partition coefficient (Wildman–Crippen LogP) is 4.75. The van der Waals surface area contributed by atoms with Crippen LogP contribution < -0.4 is 5.73 Å². The molecule has 0 aliphatic heterocycles. The van der Waals surface area contributed by atoms with Gasteiger partial charge in [0.05, 0.1) is 36.0 Å². The molecule has 1 heterocycles. The third kappa shape index (κ3) is 6.09. The number of imidazole rings is 1. The number of thioether (sulfide) groups is 1. The van der Waals surface area contributed by atoms with E-state index in [2.05, 4.69) is 27.0 Å². The fourth-order valence-corrected chi connectivity index (χ4v) is 4.97. The highest BCUT2D eigenvalue weighted by Crippen LogP contribution is 2.41. The van der Waals surface area contributed by atoms with Gasteiger partial charge in [0, 0.05) is 23.6 Å². The summed E-state index contributed by atoms with van der Waals surface area (Å²) in [5, 5.41) is 6.55. The van der Waals surface area contributed by atoms with E-state index in [0.29, 0.717) is 26.6 Å². The van der Waals surface area contributed by atoms with Crippen molar-refractivity contribution in [3.63, 3.8) is 0 Å². The van der Waals surface area contributed by atoms with Crippen LogP contribution in [0.25, 0.3) is 16.5 Å². The van der Waals surface area contributed by atoms with Crippen LogP contribution in [0.5, 0.6) is 0 Å². The number of hydrogen-bond acceptors (Lipinski definition) is 7. The van der Waals surface area contributed by atoms with E-state index in [-0.39, 0.29) is 36.4 Å². The monoisotopic (exact) mass is 578 g/mol. The summed E-state index contributed by atoms with van der Waals surface area (Å²) in [6.45, 7) is 1.54. The van der Waals surface area contributed by atoms with E-state index in [1.54, 1.807) is 43.3 Å². The lowest BCUT2D eigenvalue weighted by Gasteiger charge is -2.19. The number of ketones is 1. The zero-order chi connectivity index (χ0) is 26.5. The molecule has 2 N–H and O–H groups in total. The van der Waals surface area contributed by atoms with Crippen molar-refractivity contribution in [2.24, 2.45) is 11.7 Å². The molecule has 188 valence electrons. The molecule has 0 spiro atoms. The van der Waals surface area contributed by atoms with Gasteiger partial charge in [0.25, 0.3) is 0 Å². The molecule has 0 radical (unpaired) electrons. The molecule has 0 bridgehead atoms. The molecule has 1 aromatic heterocycles. The quantitative estimate of drug-likeness (QED) is 0.257. The molecule has 3 rings (SSSR count). The minimum atomic E-state index is -3.94. The molecule has 3 aromatic rings. The van der Waals surface area contributed by atoms with Crippen LogP contribution in [0.1, 0.15) is 31.7 Å². The van der Waals surface area contributed by atoms with E-state index in [0.717, 1.165) is 0 Å². The lowest BCUT2D eigenvalue weighted by Crippen LogP contribution is -2.31. The Morgan fingerprint density at radius 3 is 2.58 bits per heavy atom. The number of benzene rings is 2. The SMILES string of the molecule is CCOC(=O)C(CCC(N)=O)CC(=O)C(F)(F)Sc1ncc(Br)n1-c1ccc(C#N)c2ccccc12. The summed E-state index contributed by atoms with van der Waals surface area (Å²) >= 11 is 3.25. The molecule has 0 aliphatic rings. The maximum absolute atomic E-state index is 15.1. The summed E-state index contributed by atoms with van der Waals surface area (Å²) < 4.78 is 36.8. The van der Waals surface area contributed by atoms with Crippen molar-refractivity contribution in [2.75, 3.05) is 6.61 Å². The number of rotatable bonds is 11. The normalized spacial score (nSPS) is 12.2. The fourth-order valence-electron chi connectivity index (χ4n) is 3.58. The van der Waals surface area contributed by atoms with Crippen molar-refractivity contribution in [2.45, 2.75) is 36.6 Å². The topological polar surface area (TPSA) is 128 Å². The number of halogens is 3. The number of hydrogen-bond donors (Lipinski definition) is 1. The summed E-state index contributed by atoms with van der Waals surface area (Å²) in [6, 6.07) is 12.3. The number of carbonyl (C=O) groups is 3. The van der Waals surface area contributed by atoms with Crippen LogP contribution in [0.2, 0.25) is 0 Å². The minimum Gasteiger partial charge on any atom is -0.466 e. The number of primary amides is 1. The summed E-state index contributed by atoms with van der Waals surface area (Å²) in [5.41, 5.74) is 6.00. The van der Waals surface area contributed by atoms with Crippen molar-refractivity contribution >= 4 is 56.1 Å². The Labute approximate surface area is 217 Å². The molecule has 2 aromatic carbocycles. The number of alkyl halides is 2. The van der Waals surface area contributed by atoms with Gasteiger partial charge >= 0.3 is 11.2 Å². The molecule has 12 heteroatoms. The van der Waals surface area contributed by atoms with Gasteiger partial charge in [-0.25, -0.2) is 4.98 Å². The second kappa shape index (κ2) is 11.6. The molecular weight excluding hydrogens is 558 g/mol. The van der Waals surface area contributed by atoms with Crippen LogP contribution in [0.15, 0.2) is 52.4 Å². The molecule has 0 fully saturated rings. The summed E-state index contributed by atoms with van der Waals surface area (Å²) in [6.07, 6.45) is 0.0641. The zero-order valence-corrected chi connectivity index (χ0v) is 21.4. The van der Waals surface area contributed by atoms with E-state index < -0.39 is 35.3 Å². The maximum Gasteiger partial charge on any atom is 0.358 e. The van der Waals surface area contributed by atoms with E-state index in [4.69, 9.17) is 10.5 Å². The third-order valence-corrected chi connectivity index (χ3v) is 6.80. The standard InChI is InChI=1S/C24H21BrF2N4O4S/c1-2-35-22(34)14(8-10-21(29)33)11-19(32)24(26,27)36-23-30-13-20(25)31(23)18-9-7-15(12-28)16-5-3-4-6-17(16)18/h3-7,9,13-14H,2,8,10-11H2,1H3,(H2,29,33). The number of fused-ring (bicyclic) bond motifs is 1.